The number of carbonyl (C=O) groups excluding carboxylic acids is 1. The molecule has 2 aromatic rings. The molecule has 0 aromatic heterocycles. The summed E-state index contributed by atoms with van der Waals surface area (Å²) in [7, 11) is 5.37. The summed E-state index contributed by atoms with van der Waals surface area (Å²) < 4.78 is 51.0. The van der Waals surface area contributed by atoms with Gasteiger partial charge in [-0.2, -0.15) is 13.2 Å². The molecular weight excluding hydrogens is 519 g/mol. The molecule has 2 amide bonds. The fourth-order valence-corrected chi connectivity index (χ4v) is 6.46. The van der Waals surface area contributed by atoms with Crippen molar-refractivity contribution in [3.63, 3.8) is 0 Å². The maximum Gasteiger partial charge on any atom is 0.417 e. The third-order valence-electron chi connectivity index (χ3n) is 8.15. The fourth-order valence-electron chi connectivity index (χ4n) is 6.23. The molecule has 1 saturated heterocycles. The second kappa shape index (κ2) is 11.2. The van der Waals surface area contributed by atoms with Gasteiger partial charge in [0.2, 0.25) is 0 Å². The summed E-state index contributed by atoms with van der Waals surface area (Å²) in [6.07, 6.45) is -0.423. The van der Waals surface area contributed by atoms with Crippen LogP contribution in [-0.2, 0) is 11.6 Å². The van der Waals surface area contributed by atoms with Crippen molar-refractivity contribution in [2.75, 3.05) is 39.7 Å². The third-order valence-corrected chi connectivity index (χ3v) is 8.48. The molecule has 1 aliphatic heterocycles. The van der Waals surface area contributed by atoms with Gasteiger partial charge >= 0.3 is 12.2 Å². The number of hydrogen-bond donors (Lipinski definition) is 1. The van der Waals surface area contributed by atoms with Crippen molar-refractivity contribution in [2.45, 2.75) is 62.7 Å². The van der Waals surface area contributed by atoms with Gasteiger partial charge in [-0.15, -0.1) is 0 Å². The topological polar surface area (TPSA) is 54.0 Å². The Hall–Kier alpha value is -2.65. The molecule has 0 bridgehead atoms. The first-order valence-corrected chi connectivity index (χ1v) is 13.3. The van der Waals surface area contributed by atoms with E-state index >= 15 is 0 Å². The van der Waals surface area contributed by atoms with E-state index in [-0.39, 0.29) is 23.2 Å². The number of benzene rings is 2. The van der Waals surface area contributed by atoms with E-state index in [0.29, 0.717) is 18.0 Å². The smallest absolute Gasteiger partial charge is 0.417 e. The third kappa shape index (κ3) is 5.41. The van der Waals surface area contributed by atoms with E-state index in [9.17, 15) is 18.0 Å². The number of nitrogens with one attached hydrogen (secondary N) is 1. The molecule has 1 saturated carbocycles. The SMILES string of the molecule is CCCN(C(=O)Nc1ccc(Cl)c(C(F)(F)F)c1)[C@@H]1CC[C@@]2(c3ccc(OC)c(OC)c3)CCN(C)[C@@H]2C1. The van der Waals surface area contributed by atoms with Crippen LogP contribution in [0.2, 0.25) is 5.02 Å². The van der Waals surface area contributed by atoms with E-state index in [4.69, 9.17) is 21.1 Å². The van der Waals surface area contributed by atoms with E-state index in [1.807, 2.05) is 13.0 Å². The molecule has 1 heterocycles. The molecule has 1 aliphatic carbocycles. The van der Waals surface area contributed by atoms with Gasteiger partial charge in [-0.05, 0) is 81.6 Å². The summed E-state index contributed by atoms with van der Waals surface area (Å²) in [6, 6.07) is 9.35. The number of hydrogen-bond acceptors (Lipinski definition) is 4. The molecule has 0 radical (unpaired) electrons. The number of methoxy groups -OCH3 is 2. The number of nitrogens with zero attached hydrogens (tertiary/aromatic N) is 2. The average Bonchev–Trinajstić information content (AvgIpc) is 3.23. The van der Waals surface area contributed by atoms with Gasteiger partial charge < -0.3 is 24.6 Å². The fraction of sp³-hybridized carbons (Fsp3) is 0.536. The summed E-state index contributed by atoms with van der Waals surface area (Å²) in [4.78, 5) is 17.5. The monoisotopic (exact) mass is 553 g/mol. The maximum absolute atomic E-state index is 13.4. The van der Waals surface area contributed by atoms with Crippen LogP contribution in [0, 0.1) is 0 Å². The predicted molar refractivity (Wildman–Crippen MR) is 142 cm³/mol. The molecule has 1 N–H and O–H groups in total. The van der Waals surface area contributed by atoms with E-state index < -0.39 is 22.8 Å². The largest absolute Gasteiger partial charge is 0.493 e. The van der Waals surface area contributed by atoms with Crippen LogP contribution in [0.25, 0.3) is 0 Å². The summed E-state index contributed by atoms with van der Waals surface area (Å²) in [5.74, 6) is 1.38. The Kier molecular flexibility index (Phi) is 8.37. The van der Waals surface area contributed by atoms with Crippen molar-refractivity contribution >= 4 is 23.3 Å². The molecule has 2 aromatic carbocycles. The number of likely N-dealkylation sites (tertiary alicyclic amines) is 1. The molecule has 3 atom stereocenters. The van der Waals surface area contributed by atoms with Crippen molar-refractivity contribution in [3.8, 4) is 11.5 Å². The Morgan fingerprint density at radius 3 is 2.55 bits per heavy atom. The van der Waals surface area contributed by atoms with Crippen LogP contribution in [0.15, 0.2) is 36.4 Å². The van der Waals surface area contributed by atoms with E-state index in [0.717, 1.165) is 50.8 Å². The number of amides is 2. The van der Waals surface area contributed by atoms with Crippen LogP contribution in [0.4, 0.5) is 23.7 Å². The van der Waals surface area contributed by atoms with Gasteiger partial charge in [0, 0.05) is 29.7 Å². The van der Waals surface area contributed by atoms with Crippen molar-refractivity contribution in [3.05, 3.63) is 52.5 Å². The van der Waals surface area contributed by atoms with Crippen LogP contribution in [-0.4, -0.2) is 62.3 Å². The maximum atomic E-state index is 13.4. The van der Waals surface area contributed by atoms with Gasteiger partial charge in [0.05, 0.1) is 24.8 Å². The van der Waals surface area contributed by atoms with E-state index in [2.05, 4.69) is 29.4 Å². The number of fused-ring (bicyclic) bond motifs is 1. The molecule has 4 rings (SSSR count). The first-order valence-electron chi connectivity index (χ1n) is 12.9. The number of anilines is 1. The quantitative estimate of drug-likeness (QED) is 0.409. The lowest BCUT2D eigenvalue weighted by Crippen LogP contribution is -2.54. The highest BCUT2D eigenvalue weighted by atomic mass is 35.5. The Morgan fingerprint density at radius 1 is 1.16 bits per heavy atom. The molecule has 2 fully saturated rings. The minimum absolute atomic E-state index is 0.0387. The lowest BCUT2D eigenvalue weighted by molar-refractivity contribution is -0.137. The lowest BCUT2D eigenvalue weighted by Gasteiger charge is -2.47. The molecule has 6 nitrogen and oxygen atoms in total. The molecule has 10 heteroatoms. The first-order chi connectivity index (χ1) is 18.0. The summed E-state index contributed by atoms with van der Waals surface area (Å²) in [5.41, 5.74) is 0.234. The Balaban J connectivity index is 1.57. The average molecular weight is 554 g/mol. The number of ether oxygens (including phenoxy) is 2. The summed E-state index contributed by atoms with van der Waals surface area (Å²) in [6.45, 7) is 3.44. The zero-order chi connectivity index (χ0) is 27.7. The van der Waals surface area contributed by atoms with Gasteiger partial charge in [-0.3, -0.25) is 0 Å². The summed E-state index contributed by atoms with van der Waals surface area (Å²) in [5, 5.41) is 2.29. The Morgan fingerprint density at radius 2 is 1.89 bits per heavy atom. The zero-order valence-corrected chi connectivity index (χ0v) is 23.0. The second-order valence-electron chi connectivity index (χ2n) is 10.2. The zero-order valence-electron chi connectivity index (χ0n) is 22.2. The second-order valence-corrected chi connectivity index (χ2v) is 10.6. The molecule has 208 valence electrons. The molecule has 38 heavy (non-hydrogen) atoms. The molecule has 0 spiro atoms. The normalized spacial score (nSPS) is 23.6. The standard InChI is InChI=1S/C28H35ClF3N3O3/c1-5-13-35(26(36)33-19-7-8-22(29)21(16-19)28(30,31)32)20-10-11-27(12-14-34(2)25(27)17-20)18-6-9-23(37-3)24(15-18)38-4/h6-9,15-16,20,25H,5,10-14,17H2,1-4H3,(H,33,36)/t20-,25-,27+/m1/s1. The van der Waals surface area contributed by atoms with Crippen molar-refractivity contribution in [2.24, 2.45) is 0 Å². The van der Waals surface area contributed by atoms with Crippen LogP contribution in [0.3, 0.4) is 0 Å². The van der Waals surface area contributed by atoms with Crippen molar-refractivity contribution in [1.29, 1.82) is 0 Å². The molecule has 2 aliphatic rings. The highest BCUT2D eigenvalue weighted by molar-refractivity contribution is 6.31. The van der Waals surface area contributed by atoms with Crippen LogP contribution in [0.1, 0.15) is 50.2 Å². The van der Waals surface area contributed by atoms with Gasteiger partial charge in [0.15, 0.2) is 11.5 Å². The van der Waals surface area contributed by atoms with Crippen LogP contribution < -0.4 is 14.8 Å². The number of carbonyl (C=O) groups is 1. The Labute approximate surface area is 227 Å². The van der Waals surface area contributed by atoms with Gasteiger partial charge in [-0.25, -0.2) is 4.79 Å². The number of alkyl halides is 3. The van der Waals surface area contributed by atoms with Crippen molar-refractivity contribution in [1.82, 2.24) is 9.80 Å². The molecular formula is C28H35ClF3N3O3. The van der Waals surface area contributed by atoms with Gasteiger partial charge in [0.25, 0.3) is 0 Å². The highest BCUT2D eigenvalue weighted by Gasteiger charge is 2.51. The van der Waals surface area contributed by atoms with Gasteiger partial charge in [-0.1, -0.05) is 24.6 Å². The highest BCUT2D eigenvalue weighted by Crippen LogP contribution is 2.50. The number of likely N-dealkylation sites (N-methyl/N-ethyl adjacent to an activating group) is 1. The number of halogens is 4. The first kappa shape index (κ1) is 28.4. The van der Waals surface area contributed by atoms with Crippen molar-refractivity contribution < 1.29 is 27.4 Å². The lowest BCUT2D eigenvalue weighted by atomic mass is 9.64. The Bertz CT molecular complexity index is 1160. The predicted octanol–water partition coefficient (Wildman–Crippen LogP) is 6.81. The van der Waals surface area contributed by atoms with Crippen LogP contribution in [0.5, 0.6) is 11.5 Å². The molecule has 0 unspecified atom stereocenters. The summed E-state index contributed by atoms with van der Waals surface area (Å²) >= 11 is 5.75. The minimum Gasteiger partial charge on any atom is -0.493 e. The minimum atomic E-state index is -4.61. The van der Waals surface area contributed by atoms with E-state index in [1.54, 1.807) is 19.1 Å². The van der Waals surface area contributed by atoms with Gasteiger partial charge in [0.1, 0.15) is 0 Å². The van der Waals surface area contributed by atoms with E-state index in [1.165, 1.54) is 11.6 Å². The number of urea groups is 1. The van der Waals surface area contributed by atoms with Crippen LogP contribution >= 0.6 is 11.6 Å². The number of rotatable bonds is 7.